The number of nitrogens with two attached hydrogens (primary N) is 1. The molecule has 1 aliphatic carbocycles. The Kier molecular flexibility index (Phi) is 2.20. The van der Waals surface area contributed by atoms with Crippen LogP contribution in [0.1, 0.15) is 30.1 Å². The molecule has 1 atom stereocenters. The normalized spacial score (nSPS) is 21.4. The highest BCUT2D eigenvalue weighted by molar-refractivity contribution is 5.88. The van der Waals surface area contributed by atoms with Gasteiger partial charge in [-0.1, -0.05) is 0 Å². The summed E-state index contributed by atoms with van der Waals surface area (Å²) in [6.45, 7) is 2.12. The molecule has 2 N–H and O–H groups in total. The van der Waals surface area contributed by atoms with E-state index in [-0.39, 0.29) is 10.6 Å². The Hall–Kier alpha value is -1.88. The van der Waals surface area contributed by atoms with E-state index in [9.17, 15) is 10.1 Å². The fraction of sp³-hybridized carbons (Fsp3) is 0.429. The van der Waals surface area contributed by atoms with Gasteiger partial charge in [0.1, 0.15) is 6.04 Å². The van der Waals surface area contributed by atoms with Gasteiger partial charge >= 0.3 is 0 Å². The van der Waals surface area contributed by atoms with E-state index in [4.69, 9.17) is 0 Å². The van der Waals surface area contributed by atoms with Gasteiger partial charge in [0.05, 0.1) is 23.7 Å². The molecule has 0 fully saturated rings. The smallest absolute Gasteiger partial charge is 0.270 e. The van der Waals surface area contributed by atoms with Crippen molar-refractivity contribution in [1.29, 1.82) is 0 Å². The third-order valence-electron chi connectivity index (χ3n) is 4.50. The minimum absolute atomic E-state index is 0.206. The molecule has 98 valence electrons. The number of nitrogens with zero attached hydrogens (tertiary/aromatic N) is 2. The van der Waals surface area contributed by atoms with Gasteiger partial charge in [0.2, 0.25) is 0 Å². The maximum absolute atomic E-state index is 11.0. The SMILES string of the molecule is O=[N+]([O-])c1ccc2c(c1)c1c3n2CC[NH2+][C@H]3CCC1. The van der Waals surface area contributed by atoms with Crippen molar-refractivity contribution in [3.63, 3.8) is 0 Å². The molecule has 0 spiro atoms. The van der Waals surface area contributed by atoms with Crippen LogP contribution in [-0.2, 0) is 13.0 Å². The zero-order chi connectivity index (χ0) is 13.0. The lowest BCUT2D eigenvalue weighted by molar-refractivity contribution is -0.704. The number of aryl methyl sites for hydroxylation is 1. The molecule has 0 saturated carbocycles. The van der Waals surface area contributed by atoms with Gasteiger partial charge in [-0.15, -0.1) is 0 Å². The van der Waals surface area contributed by atoms with Crippen molar-refractivity contribution in [2.24, 2.45) is 0 Å². The number of hydrogen-bond acceptors (Lipinski definition) is 2. The zero-order valence-corrected chi connectivity index (χ0v) is 10.6. The van der Waals surface area contributed by atoms with Crippen LogP contribution in [0.25, 0.3) is 10.9 Å². The Balaban J connectivity index is 2.04. The molecular formula is C14H16N3O2+. The van der Waals surface area contributed by atoms with E-state index in [0.717, 1.165) is 24.9 Å². The maximum Gasteiger partial charge on any atom is 0.270 e. The highest BCUT2D eigenvalue weighted by Gasteiger charge is 2.32. The van der Waals surface area contributed by atoms with E-state index in [1.165, 1.54) is 29.6 Å². The first-order valence-electron chi connectivity index (χ1n) is 6.88. The summed E-state index contributed by atoms with van der Waals surface area (Å²) in [5.74, 6) is 0. The van der Waals surface area contributed by atoms with Gasteiger partial charge in [0.25, 0.3) is 5.69 Å². The van der Waals surface area contributed by atoms with Crippen molar-refractivity contribution in [2.75, 3.05) is 6.54 Å². The molecule has 1 aromatic carbocycles. The molecule has 5 heteroatoms. The standard InChI is InChI=1S/C14H15N3O2/c18-17(19)9-4-5-13-11(8-9)10-2-1-3-12-14(10)16(13)7-6-15-12/h4-5,8,12,15H,1-3,6-7H2/p+1/t12-/m0/s1. The lowest BCUT2D eigenvalue weighted by atomic mass is 9.91. The van der Waals surface area contributed by atoms with Crippen LogP contribution < -0.4 is 5.32 Å². The number of nitro groups is 1. The van der Waals surface area contributed by atoms with Crippen LogP contribution in [0, 0.1) is 10.1 Å². The third kappa shape index (κ3) is 1.45. The molecule has 1 aliphatic heterocycles. The van der Waals surface area contributed by atoms with Crippen LogP contribution in [0.15, 0.2) is 18.2 Å². The van der Waals surface area contributed by atoms with E-state index >= 15 is 0 Å². The molecule has 1 aromatic heterocycles. The van der Waals surface area contributed by atoms with Gasteiger partial charge in [-0.3, -0.25) is 10.1 Å². The highest BCUT2D eigenvalue weighted by atomic mass is 16.6. The number of fused-ring (bicyclic) bond motifs is 3. The van der Waals surface area contributed by atoms with Crippen LogP contribution in [0.2, 0.25) is 0 Å². The van der Waals surface area contributed by atoms with E-state index in [0.29, 0.717) is 6.04 Å². The van der Waals surface area contributed by atoms with E-state index in [1.54, 1.807) is 12.1 Å². The summed E-state index contributed by atoms with van der Waals surface area (Å²) in [6.07, 6.45) is 3.48. The van der Waals surface area contributed by atoms with Crippen molar-refractivity contribution in [1.82, 2.24) is 4.57 Å². The van der Waals surface area contributed by atoms with Gasteiger partial charge < -0.3 is 9.88 Å². The second kappa shape index (κ2) is 3.81. The topological polar surface area (TPSA) is 64.7 Å². The Labute approximate surface area is 110 Å². The molecule has 0 radical (unpaired) electrons. The predicted molar refractivity (Wildman–Crippen MR) is 71.1 cm³/mol. The maximum atomic E-state index is 11.0. The van der Waals surface area contributed by atoms with Crippen LogP contribution >= 0.6 is 0 Å². The average molecular weight is 258 g/mol. The van der Waals surface area contributed by atoms with Crippen molar-refractivity contribution in [3.05, 3.63) is 39.6 Å². The predicted octanol–water partition coefficient (Wildman–Crippen LogP) is 1.50. The van der Waals surface area contributed by atoms with Gasteiger partial charge in [-0.05, 0) is 24.5 Å². The molecule has 5 nitrogen and oxygen atoms in total. The van der Waals surface area contributed by atoms with Crippen molar-refractivity contribution < 1.29 is 10.2 Å². The second-order valence-electron chi connectivity index (χ2n) is 5.50. The van der Waals surface area contributed by atoms with Gasteiger partial charge in [0, 0.05) is 29.5 Å². The number of hydrogen-bond donors (Lipinski definition) is 1. The largest absolute Gasteiger partial charge is 0.337 e. The first-order chi connectivity index (χ1) is 9.25. The van der Waals surface area contributed by atoms with Crippen LogP contribution in [0.3, 0.4) is 0 Å². The molecule has 0 unspecified atom stereocenters. The van der Waals surface area contributed by atoms with Crippen molar-refractivity contribution in [3.8, 4) is 0 Å². The number of aromatic nitrogens is 1. The first-order valence-corrected chi connectivity index (χ1v) is 6.88. The minimum atomic E-state index is -0.296. The zero-order valence-electron chi connectivity index (χ0n) is 10.6. The lowest BCUT2D eigenvalue weighted by Crippen LogP contribution is -2.88. The summed E-state index contributed by atoms with van der Waals surface area (Å²) in [7, 11) is 0. The fourth-order valence-corrected chi connectivity index (χ4v) is 3.74. The van der Waals surface area contributed by atoms with Crippen LogP contribution in [-0.4, -0.2) is 16.0 Å². The summed E-state index contributed by atoms with van der Waals surface area (Å²) in [6, 6.07) is 5.88. The lowest BCUT2D eigenvalue weighted by Gasteiger charge is -2.27. The number of nitro benzene ring substituents is 1. The Morgan fingerprint density at radius 1 is 1.42 bits per heavy atom. The van der Waals surface area contributed by atoms with Gasteiger partial charge in [-0.25, -0.2) is 0 Å². The highest BCUT2D eigenvalue weighted by Crippen LogP contribution is 2.38. The summed E-state index contributed by atoms with van der Waals surface area (Å²) in [5.41, 5.74) is 4.16. The Morgan fingerprint density at radius 2 is 2.32 bits per heavy atom. The molecule has 2 heterocycles. The molecule has 0 amide bonds. The quantitative estimate of drug-likeness (QED) is 0.622. The Bertz CT molecular complexity index is 688. The average Bonchev–Trinajstić information content (AvgIpc) is 2.76. The number of rotatable bonds is 1. The Morgan fingerprint density at radius 3 is 3.16 bits per heavy atom. The molecule has 2 aromatic rings. The van der Waals surface area contributed by atoms with Gasteiger partial charge in [-0.2, -0.15) is 0 Å². The van der Waals surface area contributed by atoms with E-state index in [2.05, 4.69) is 9.88 Å². The molecule has 0 saturated heterocycles. The molecule has 19 heavy (non-hydrogen) atoms. The molecular weight excluding hydrogens is 242 g/mol. The van der Waals surface area contributed by atoms with Crippen molar-refractivity contribution >= 4 is 16.6 Å². The van der Waals surface area contributed by atoms with Crippen LogP contribution in [0.4, 0.5) is 5.69 Å². The van der Waals surface area contributed by atoms with Gasteiger partial charge in [0.15, 0.2) is 0 Å². The van der Waals surface area contributed by atoms with E-state index in [1.807, 2.05) is 6.07 Å². The summed E-state index contributed by atoms with van der Waals surface area (Å²) in [4.78, 5) is 10.7. The van der Waals surface area contributed by atoms with Crippen molar-refractivity contribution in [2.45, 2.75) is 31.8 Å². The molecule has 0 bridgehead atoms. The summed E-state index contributed by atoms with van der Waals surface area (Å²) >= 11 is 0. The van der Waals surface area contributed by atoms with Crippen LogP contribution in [0.5, 0.6) is 0 Å². The summed E-state index contributed by atoms with van der Waals surface area (Å²) < 4.78 is 2.39. The molecule has 4 rings (SSSR count). The third-order valence-corrected chi connectivity index (χ3v) is 4.50. The first kappa shape index (κ1) is 11.0. The summed E-state index contributed by atoms with van der Waals surface area (Å²) in [5, 5.41) is 14.5. The fourth-order valence-electron chi connectivity index (χ4n) is 3.74. The molecule has 2 aliphatic rings. The number of quaternary nitrogens is 1. The monoisotopic (exact) mass is 258 g/mol. The minimum Gasteiger partial charge on any atom is -0.337 e. The number of benzene rings is 1. The second-order valence-corrected chi connectivity index (χ2v) is 5.50. The number of non-ortho nitro benzene ring substituents is 1. The van der Waals surface area contributed by atoms with E-state index < -0.39 is 0 Å².